The van der Waals surface area contributed by atoms with Gasteiger partial charge in [-0.2, -0.15) is 0 Å². The van der Waals surface area contributed by atoms with Crippen LogP contribution in [0, 0.1) is 0 Å². The van der Waals surface area contributed by atoms with Crippen LogP contribution in [0.15, 0.2) is 175 Å². The second kappa shape index (κ2) is 10.7. The molecule has 0 bridgehead atoms. The van der Waals surface area contributed by atoms with Gasteiger partial charge in [-0.25, -0.2) is 4.98 Å². The first kappa shape index (κ1) is 29.2. The number of allylic oxidation sites excluding steroid dienone is 4. The number of fused-ring (bicyclic) bond motifs is 12. The van der Waals surface area contributed by atoms with Gasteiger partial charge in [-0.05, 0) is 82.0 Å². The van der Waals surface area contributed by atoms with Gasteiger partial charge in [0.05, 0.1) is 33.3 Å². The third-order valence-electron chi connectivity index (χ3n) is 11.8. The molecule has 52 heavy (non-hydrogen) atoms. The van der Waals surface area contributed by atoms with Crippen LogP contribution in [0.25, 0.3) is 77.1 Å². The fourth-order valence-electron chi connectivity index (χ4n) is 9.51. The van der Waals surface area contributed by atoms with Crippen LogP contribution >= 0.6 is 0 Å². The smallest absolute Gasteiger partial charge is 0.0787 e. The highest BCUT2D eigenvalue weighted by atomic mass is 15.0. The maximum Gasteiger partial charge on any atom is 0.0787 e. The Hall–Kier alpha value is -6.51. The minimum absolute atomic E-state index is 0.404. The van der Waals surface area contributed by atoms with Crippen LogP contribution in [-0.4, -0.2) is 9.55 Å². The Kier molecular flexibility index (Phi) is 6.04. The molecule has 0 radical (unpaired) electrons. The van der Waals surface area contributed by atoms with Crippen molar-refractivity contribution in [2.45, 2.75) is 19.3 Å². The summed E-state index contributed by atoms with van der Waals surface area (Å²) in [6.07, 6.45) is 4.48. The Morgan fingerprint density at radius 1 is 0.558 bits per heavy atom. The lowest BCUT2D eigenvalue weighted by molar-refractivity contribution is 0.726. The normalized spacial score (nSPS) is 16.2. The molecular weight excluding hydrogens is 629 g/mol. The maximum absolute atomic E-state index is 5.17. The Labute approximate surface area is 302 Å². The molecule has 2 aliphatic rings. The first-order valence-corrected chi connectivity index (χ1v) is 18.2. The van der Waals surface area contributed by atoms with Crippen LogP contribution in [0.4, 0.5) is 0 Å². The molecule has 7 aromatic carbocycles. The Morgan fingerprint density at radius 3 is 2.13 bits per heavy atom. The first-order chi connectivity index (χ1) is 25.7. The zero-order valence-electron chi connectivity index (χ0n) is 29.1. The molecule has 0 saturated carbocycles. The van der Waals surface area contributed by atoms with E-state index in [1.54, 1.807) is 0 Å². The van der Waals surface area contributed by atoms with Crippen molar-refractivity contribution in [2.75, 3.05) is 0 Å². The summed E-state index contributed by atoms with van der Waals surface area (Å²) in [5, 5.41) is 6.14. The molecular formula is C50H34N2. The van der Waals surface area contributed by atoms with Crippen molar-refractivity contribution < 1.29 is 0 Å². The molecule has 0 N–H and O–H groups in total. The predicted molar refractivity (Wildman–Crippen MR) is 218 cm³/mol. The average Bonchev–Trinajstić information content (AvgIpc) is 3.67. The predicted octanol–water partition coefficient (Wildman–Crippen LogP) is 12.8. The fraction of sp³-hybridized carbons (Fsp3) is 0.0600. The lowest BCUT2D eigenvalue weighted by atomic mass is 9.65. The molecule has 0 amide bonds. The van der Waals surface area contributed by atoms with Gasteiger partial charge in [0.15, 0.2) is 0 Å². The zero-order chi connectivity index (χ0) is 34.6. The number of aromatic nitrogens is 2. The molecule has 11 rings (SSSR count). The van der Waals surface area contributed by atoms with Gasteiger partial charge in [0.2, 0.25) is 0 Å². The van der Waals surface area contributed by atoms with Crippen molar-refractivity contribution in [1.29, 1.82) is 0 Å². The van der Waals surface area contributed by atoms with E-state index < -0.39 is 5.41 Å². The van der Waals surface area contributed by atoms with Crippen molar-refractivity contribution in [1.82, 2.24) is 9.55 Å². The molecule has 2 aromatic heterocycles. The van der Waals surface area contributed by atoms with E-state index in [0.29, 0.717) is 0 Å². The van der Waals surface area contributed by atoms with E-state index in [9.17, 15) is 0 Å². The summed E-state index contributed by atoms with van der Waals surface area (Å²) in [4.78, 5) is 5.17. The van der Waals surface area contributed by atoms with Crippen LogP contribution in [-0.2, 0) is 5.41 Å². The standard InChI is InChI=1S/C50H34N2/c1-3-11-37-31(2)50(42-17-8-6-14-39(37)42)43-28-26-36(30-47(43)52-46-19-9-7-15-40(46)41-16-10-18-44(50)49(41)52)32-20-23-34(24-21-32)45-29-27-35-25-22-33-12-4-5-13-38(33)48(35)51-45/h3-30H,1-2H3/b11-3-. The highest BCUT2D eigenvalue weighted by molar-refractivity contribution is 6.13. The molecule has 3 heterocycles. The first-order valence-electron chi connectivity index (χ1n) is 18.2. The average molecular weight is 663 g/mol. The molecule has 1 unspecified atom stereocenters. The van der Waals surface area contributed by atoms with Crippen LogP contribution in [0.2, 0.25) is 0 Å². The van der Waals surface area contributed by atoms with Crippen LogP contribution < -0.4 is 0 Å². The minimum atomic E-state index is -0.404. The summed E-state index contributed by atoms with van der Waals surface area (Å²) in [7, 11) is 0. The summed E-state index contributed by atoms with van der Waals surface area (Å²) < 4.78 is 2.53. The summed E-state index contributed by atoms with van der Waals surface area (Å²) in [6.45, 7) is 4.48. The molecule has 9 aromatic rings. The number of hydrogen-bond donors (Lipinski definition) is 0. The van der Waals surface area contributed by atoms with E-state index in [1.807, 2.05) is 0 Å². The minimum Gasteiger partial charge on any atom is -0.309 e. The lowest BCUT2D eigenvalue weighted by Gasteiger charge is -2.40. The van der Waals surface area contributed by atoms with Crippen LogP contribution in [0.5, 0.6) is 0 Å². The highest BCUT2D eigenvalue weighted by Crippen LogP contribution is 2.60. The van der Waals surface area contributed by atoms with Gasteiger partial charge in [0.1, 0.15) is 0 Å². The molecule has 2 heteroatoms. The molecule has 2 nitrogen and oxygen atoms in total. The van der Waals surface area contributed by atoms with Gasteiger partial charge in [0, 0.05) is 27.1 Å². The number of benzene rings is 7. The van der Waals surface area contributed by atoms with Crippen molar-refractivity contribution in [3.05, 3.63) is 198 Å². The fourth-order valence-corrected chi connectivity index (χ4v) is 9.51. The summed E-state index contributed by atoms with van der Waals surface area (Å²) in [5.74, 6) is 0. The molecule has 0 saturated heterocycles. The quantitative estimate of drug-likeness (QED) is 0.172. The third-order valence-corrected chi connectivity index (χ3v) is 11.8. The lowest BCUT2D eigenvalue weighted by Crippen LogP contribution is -2.33. The van der Waals surface area contributed by atoms with Gasteiger partial charge >= 0.3 is 0 Å². The molecule has 1 spiro atoms. The van der Waals surface area contributed by atoms with E-state index in [1.165, 1.54) is 82.8 Å². The largest absolute Gasteiger partial charge is 0.309 e. The second-order valence-corrected chi connectivity index (χ2v) is 14.3. The molecule has 1 atom stereocenters. The molecule has 1 aliphatic carbocycles. The summed E-state index contributed by atoms with van der Waals surface area (Å²) in [6, 6.07) is 58.1. The zero-order valence-corrected chi connectivity index (χ0v) is 29.1. The molecule has 0 fully saturated rings. The number of rotatable bonds is 3. The molecule has 1 aliphatic heterocycles. The number of para-hydroxylation sites is 2. The highest BCUT2D eigenvalue weighted by Gasteiger charge is 2.50. The van der Waals surface area contributed by atoms with Crippen molar-refractivity contribution >= 4 is 49.1 Å². The Morgan fingerprint density at radius 2 is 1.25 bits per heavy atom. The van der Waals surface area contributed by atoms with Crippen LogP contribution in [0.3, 0.4) is 0 Å². The summed E-state index contributed by atoms with van der Waals surface area (Å²) in [5.41, 5.74) is 17.0. The van der Waals surface area contributed by atoms with Gasteiger partial charge in [-0.15, -0.1) is 0 Å². The van der Waals surface area contributed by atoms with Crippen molar-refractivity contribution in [3.63, 3.8) is 0 Å². The van der Waals surface area contributed by atoms with Gasteiger partial charge < -0.3 is 4.57 Å². The van der Waals surface area contributed by atoms with Crippen molar-refractivity contribution in [3.8, 4) is 28.1 Å². The van der Waals surface area contributed by atoms with Crippen LogP contribution in [0.1, 0.15) is 36.1 Å². The topological polar surface area (TPSA) is 17.8 Å². The maximum atomic E-state index is 5.17. The molecule has 244 valence electrons. The van der Waals surface area contributed by atoms with Crippen molar-refractivity contribution in [2.24, 2.45) is 0 Å². The monoisotopic (exact) mass is 662 g/mol. The van der Waals surface area contributed by atoms with Gasteiger partial charge in [-0.1, -0.05) is 152 Å². The SMILES string of the molecule is C/C=C\C1=C(C)C2(c3ccccc31)c1ccc(-c3ccc(-c4ccc5ccc6ccccc6c5n4)cc3)cc1-n1c3ccccc3c3cccc2c31. The Balaban J connectivity index is 1.13. The number of nitrogens with zero attached hydrogens (tertiary/aromatic N) is 2. The third kappa shape index (κ3) is 3.76. The number of hydrogen-bond acceptors (Lipinski definition) is 1. The Bertz CT molecular complexity index is 3030. The second-order valence-electron chi connectivity index (χ2n) is 14.3. The van der Waals surface area contributed by atoms with E-state index in [4.69, 9.17) is 4.98 Å². The summed E-state index contributed by atoms with van der Waals surface area (Å²) >= 11 is 0. The van der Waals surface area contributed by atoms with Gasteiger partial charge in [-0.3, -0.25) is 0 Å². The van der Waals surface area contributed by atoms with Gasteiger partial charge in [0.25, 0.3) is 0 Å². The number of pyridine rings is 1. The van der Waals surface area contributed by atoms with E-state index in [0.717, 1.165) is 22.2 Å². The van der Waals surface area contributed by atoms with E-state index in [2.05, 4.69) is 188 Å². The van der Waals surface area contributed by atoms with E-state index in [-0.39, 0.29) is 0 Å². The van der Waals surface area contributed by atoms with E-state index >= 15 is 0 Å².